The monoisotopic (exact) mass is 221 g/mol. The van der Waals surface area contributed by atoms with Crippen molar-refractivity contribution in [3.05, 3.63) is 29.8 Å². The molecule has 1 unspecified atom stereocenters. The summed E-state index contributed by atoms with van der Waals surface area (Å²) in [7, 11) is 1.89. The highest BCUT2D eigenvalue weighted by Crippen LogP contribution is 2.11. The summed E-state index contributed by atoms with van der Waals surface area (Å²) in [5.74, 6) is -0.283. The van der Waals surface area contributed by atoms with Crippen LogP contribution >= 0.6 is 0 Å². The lowest BCUT2D eigenvalue weighted by molar-refractivity contribution is -0.123. The summed E-state index contributed by atoms with van der Waals surface area (Å²) in [6, 6.07) is 7.42. The van der Waals surface area contributed by atoms with Crippen molar-refractivity contribution < 1.29 is 4.79 Å². The Labute approximate surface area is 96.2 Å². The number of hydrogen-bond donors (Lipinski definition) is 2. The van der Waals surface area contributed by atoms with Gasteiger partial charge in [-0.1, -0.05) is 19.1 Å². The molecule has 0 heterocycles. The van der Waals surface area contributed by atoms with Crippen LogP contribution in [0.2, 0.25) is 0 Å². The van der Waals surface area contributed by atoms with Crippen LogP contribution < -0.4 is 11.5 Å². The van der Waals surface area contributed by atoms with Crippen molar-refractivity contribution in [3.8, 4) is 0 Å². The molecule has 1 aromatic carbocycles. The molecule has 0 fully saturated rings. The number of benzene rings is 1. The summed E-state index contributed by atoms with van der Waals surface area (Å²) in [5, 5.41) is 0. The topological polar surface area (TPSA) is 72.4 Å². The second kappa shape index (κ2) is 5.51. The van der Waals surface area contributed by atoms with E-state index in [1.807, 2.05) is 43.1 Å². The van der Waals surface area contributed by atoms with Gasteiger partial charge in [0.15, 0.2) is 0 Å². The molecule has 1 atom stereocenters. The van der Waals surface area contributed by atoms with Crippen molar-refractivity contribution in [1.82, 2.24) is 4.90 Å². The molecular formula is C12H19N3O. The Kier molecular flexibility index (Phi) is 4.31. The van der Waals surface area contributed by atoms with E-state index in [9.17, 15) is 4.79 Å². The molecule has 16 heavy (non-hydrogen) atoms. The standard InChI is InChI=1S/C12H19N3O/c1-3-11(12(14)16)15(2)8-9-5-4-6-10(13)7-9/h4-7,11H,3,8,13H2,1-2H3,(H2,14,16). The summed E-state index contributed by atoms with van der Waals surface area (Å²) < 4.78 is 0. The lowest BCUT2D eigenvalue weighted by atomic mass is 10.1. The normalized spacial score (nSPS) is 12.7. The highest BCUT2D eigenvalue weighted by Gasteiger charge is 2.18. The number of likely N-dealkylation sites (N-methyl/N-ethyl adjacent to an activating group) is 1. The fraction of sp³-hybridized carbons (Fsp3) is 0.417. The molecule has 88 valence electrons. The van der Waals surface area contributed by atoms with Crippen molar-refractivity contribution >= 4 is 11.6 Å². The molecule has 0 aromatic heterocycles. The minimum atomic E-state index is -0.283. The number of nitrogens with zero attached hydrogens (tertiary/aromatic N) is 1. The zero-order chi connectivity index (χ0) is 12.1. The van der Waals surface area contributed by atoms with E-state index in [-0.39, 0.29) is 11.9 Å². The molecule has 4 N–H and O–H groups in total. The van der Waals surface area contributed by atoms with Crippen LogP contribution in [-0.2, 0) is 11.3 Å². The molecule has 1 rings (SSSR count). The highest BCUT2D eigenvalue weighted by molar-refractivity contribution is 5.79. The number of carbonyl (C=O) groups is 1. The van der Waals surface area contributed by atoms with Crippen LogP contribution in [0.4, 0.5) is 5.69 Å². The second-order valence-electron chi connectivity index (χ2n) is 3.99. The molecule has 0 aliphatic carbocycles. The number of amides is 1. The van der Waals surface area contributed by atoms with E-state index >= 15 is 0 Å². The summed E-state index contributed by atoms with van der Waals surface area (Å²) in [5.41, 5.74) is 12.8. The van der Waals surface area contributed by atoms with Crippen molar-refractivity contribution in [2.75, 3.05) is 12.8 Å². The Morgan fingerprint density at radius 3 is 2.69 bits per heavy atom. The van der Waals surface area contributed by atoms with Gasteiger partial charge >= 0.3 is 0 Å². The zero-order valence-corrected chi connectivity index (χ0v) is 9.81. The number of nitrogens with two attached hydrogens (primary N) is 2. The predicted molar refractivity (Wildman–Crippen MR) is 65.6 cm³/mol. The Morgan fingerprint density at radius 1 is 1.50 bits per heavy atom. The van der Waals surface area contributed by atoms with Gasteiger partial charge in [0.25, 0.3) is 0 Å². The third kappa shape index (κ3) is 3.24. The van der Waals surface area contributed by atoms with E-state index in [0.29, 0.717) is 13.0 Å². The van der Waals surface area contributed by atoms with Crippen molar-refractivity contribution in [2.45, 2.75) is 25.9 Å². The average molecular weight is 221 g/mol. The largest absolute Gasteiger partial charge is 0.399 e. The lowest BCUT2D eigenvalue weighted by Gasteiger charge is -2.24. The molecule has 4 heteroatoms. The first kappa shape index (κ1) is 12.5. The Morgan fingerprint density at radius 2 is 2.19 bits per heavy atom. The van der Waals surface area contributed by atoms with Crippen LogP contribution in [0.3, 0.4) is 0 Å². The molecule has 1 amide bonds. The first-order valence-corrected chi connectivity index (χ1v) is 5.38. The molecule has 0 bridgehead atoms. The number of rotatable bonds is 5. The van der Waals surface area contributed by atoms with Gasteiger partial charge < -0.3 is 11.5 Å². The molecule has 1 aromatic rings. The van der Waals surface area contributed by atoms with Gasteiger partial charge in [0.2, 0.25) is 5.91 Å². The van der Waals surface area contributed by atoms with Gasteiger partial charge in [-0.15, -0.1) is 0 Å². The minimum Gasteiger partial charge on any atom is -0.399 e. The minimum absolute atomic E-state index is 0.221. The van der Waals surface area contributed by atoms with Gasteiger partial charge in [-0.25, -0.2) is 0 Å². The van der Waals surface area contributed by atoms with E-state index in [4.69, 9.17) is 11.5 Å². The van der Waals surface area contributed by atoms with Gasteiger partial charge in [0.05, 0.1) is 6.04 Å². The summed E-state index contributed by atoms with van der Waals surface area (Å²) in [6.07, 6.45) is 0.716. The fourth-order valence-corrected chi connectivity index (χ4v) is 1.82. The highest BCUT2D eigenvalue weighted by atomic mass is 16.1. The van der Waals surface area contributed by atoms with Crippen LogP contribution in [-0.4, -0.2) is 23.9 Å². The third-order valence-electron chi connectivity index (χ3n) is 2.63. The van der Waals surface area contributed by atoms with Gasteiger partial charge in [-0.2, -0.15) is 0 Å². The number of carbonyl (C=O) groups excluding carboxylic acids is 1. The summed E-state index contributed by atoms with van der Waals surface area (Å²) >= 11 is 0. The lowest BCUT2D eigenvalue weighted by Crippen LogP contribution is -2.41. The Balaban J connectivity index is 2.69. The maximum atomic E-state index is 11.2. The van der Waals surface area contributed by atoms with Crippen LogP contribution in [0.25, 0.3) is 0 Å². The van der Waals surface area contributed by atoms with Crippen molar-refractivity contribution in [1.29, 1.82) is 0 Å². The van der Waals surface area contributed by atoms with E-state index in [0.717, 1.165) is 11.3 Å². The number of hydrogen-bond acceptors (Lipinski definition) is 3. The van der Waals surface area contributed by atoms with E-state index < -0.39 is 0 Å². The summed E-state index contributed by atoms with van der Waals surface area (Å²) in [4.78, 5) is 13.1. The molecular weight excluding hydrogens is 202 g/mol. The Hall–Kier alpha value is -1.55. The molecule has 0 aliphatic rings. The van der Waals surface area contributed by atoms with Crippen molar-refractivity contribution in [2.24, 2.45) is 5.73 Å². The molecule has 0 aliphatic heterocycles. The average Bonchev–Trinajstić information content (AvgIpc) is 2.17. The van der Waals surface area contributed by atoms with Gasteiger partial charge in [-0.3, -0.25) is 9.69 Å². The number of anilines is 1. The second-order valence-corrected chi connectivity index (χ2v) is 3.99. The first-order chi connectivity index (χ1) is 7.54. The SMILES string of the molecule is CCC(C(N)=O)N(C)Cc1cccc(N)c1. The van der Waals surface area contributed by atoms with E-state index in [1.54, 1.807) is 0 Å². The van der Waals surface area contributed by atoms with Gasteiger partial charge in [0, 0.05) is 12.2 Å². The first-order valence-electron chi connectivity index (χ1n) is 5.38. The number of nitrogen functional groups attached to an aromatic ring is 1. The van der Waals surface area contributed by atoms with Crippen LogP contribution in [0.5, 0.6) is 0 Å². The predicted octanol–water partition coefficient (Wildman–Crippen LogP) is 0.964. The maximum absolute atomic E-state index is 11.2. The quantitative estimate of drug-likeness (QED) is 0.727. The fourth-order valence-electron chi connectivity index (χ4n) is 1.82. The van der Waals surface area contributed by atoms with Gasteiger partial charge in [0.1, 0.15) is 0 Å². The number of primary amides is 1. The summed E-state index contributed by atoms with van der Waals surface area (Å²) in [6.45, 7) is 2.62. The molecule has 0 radical (unpaired) electrons. The van der Waals surface area contributed by atoms with E-state index in [1.165, 1.54) is 0 Å². The molecule has 0 saturated heterocycles. The Bertz CT molecular complexity index is 365. The van der Waals surface area contributed by atoms with Crippen molar-refractivity contribution in [3.63, 3.8) is 0 Å². The zero-order valence-electron chi connectivity index (χ0n) is 9.81. The van der Waals surface area contributed by atoms with Crippen LogP contribution in [0, 0.1) is 0 Å². The van der Waals surface area contributed by atoms with E-state index in [2.05, 4.69) is 0 Å². The smallest absolute Gasteiger partial charge is 0.234 e. The van der Waals surface area contributed by atoms with Gasteiger partial charge in [-0.05, 0) is 31.2 Å². The molecule has 0 spiro atoms. The molecule has 0 saturated carbocycles. The molecule has 4 nitrogen and oxygen atoms in total. The van der Waals surface area contributed by atoms with Crippen LogP contribution in [0.15, 0.2) is 24.3 Å². The third-order valence-corrected chi connectivity index (χ3v) is 2.63. The van der Waals surface area contributed by atoms with Crippen LogP contribution in [0.1, 0.15) is 18.9 Å². The maximum Gasteiger partial charge on any atom is 0.234 e.